The minimum absolute atomic E-state index is 0.148. The van der Waals surface area contributed by atoms with E-state index in [2.05, 4.69) is 33.7 Å². The lowest BCUT2D eigenvalue weighted by Gasteiger charge is -2.33. The molecule has 1 N–H and O–H groups in total. The number of fused-ring (bicyclic) bond motifs is 1. The number of morpholine rings is 1. The van der Waals surface area contributed by atoms with Gasteiger partial charge in [0.25, 0.3) is 0 Å². The van der Waals surface area contributed by atoms with Gasteiger partial charge in [-0.2, -0.15) is 4.98 Å². The van der Waals surface area contributed by atoms with Crippen molar-refractivity contribution >= 4 is 11.2 Å². The van der Waals surface area contributed by atoms with Crippen molar-refractivity contribution in [3.8, 4) is 6.01 Å². The second-order valence-electron chi connectivity index (χ2n) is 6.49. The lowest BCUT2D eigenvalue weighted by Crippen LogP contribution is -2.44. The minimum Gasteiger partial charge on any atom is -0.463 e. The van der Waals surface area contributed by atoms with Crippen molar-refractivity contribution in [2.75, 3.05) is 32.9 Å². The summed E-state index contributed by atoms with van der Waals surface area (Å²) in [6, 6.07) is 0.754. The second-order valence-corrected chi connectivity index (χ2v) is 6.49. The van der Waals surface area contributed by atoms with Crippen molar-refractivity contribution in [2.45, 2.75) is 45.7 Å². The standard InChI is InChI=1S/C17H27N5O3/c1-3-4-9-25-16-18-11-14-15(20-16)22(17(23)19-14)7-5-6-21-8-10-24-12-13(21)2/h11,13H,3-10,12H2,1-2H3,(H,19,23). The third-order valence-corrected chi connectivity index (χ3v) is 4.55. The molecule has 1 fully saturated rings. The van der Waals surface area contributed by atoms with Crippen LogP contribution in [0.15, 0.2) is 11.0 Å². The molecule has 25 heavy (non-hydrogen) atoms. The van der Waals surface area contributed by atoms with Gasteiger partial charge in [-0.05, 0) is 19.8 Å². The molecule has 2 aromatic heterocycles. The van der Waals surface area contributed by atoms with Gasteiger partial charge in [0.05, 0.1) is 26.0 Å². The Kier molecular flexibility index (Phi) is 6.04. The number of nitrogens with zero attached hydrogens (tertiary/aromatic N) is 4. The van der Waals surface area contributed by atoms with Crippen molar-refractivity contribution in [1.82, 2.24) is 24.4 Å². The summed E-state index contributed by atoms with van der Waals surface area (Å²) in [4.78, 5) is 26.0. The molecule has 0 radical (unpaired) electrons. The number of ether oxygens (including phenoxy) is 2. The van der Waals surface area contributed by atoms with E-state index in [1.165, 1.54) is 0 Å². The van der Waals surface area contributed by atoms with Crippen LogP contribution in [0.2, 0.25) is 0 Å². The Morgan fingerprint density at radius 2 is 2.28 bits per heavy atom. The highest BCUT2D eigenvalue weighted by Crippen LogP contribution is 2.12. The third-order valence-electron chi connectivity index (χ3n) is 4.55. The predicted molar refractivity (Wildman–Crippen MR) is 95.0 cm³/mol. The van der Waals surface area contributed by atoms with Crippen LogP contribution in [0.1, 0.15) is 33.1 Å². The first kappa shape index (κ1) is 17.9. The Labute approximate surface area is 147 Å². The van der Waals surface area contributed by atoms with Crippen LogP contribution in [0.25, 0.3) is 11.2 Å². The summed E-state index contributed by atoms with van der Waals surface area (Å²) in [6.45, 7) is 8.93. The van der Waals surface area contributed by atoms with Gasteiger partial charge in [0.2, 0.25) is 0 Å². The predicted octanol–water partition coefficient (Wildman–Crippen LogP) is 1.41. The molecule has 1 unspecified atom stereocenters. The smallest absolute Gasteiger partial charge is 0.327 e. The van der Waals surface area contributed by atoms with Gasteiger partial charge in [0.1, 0.15) is 5.52 Å². The summed E-state index contributed by atoms with van der Waals surface area (Å²) >= 11 is 0. The molecule has 1 saturated heterocycles. The molecule has 1 aliphatic rings. The molecule has 0 saturated carbocycles. The van der Waals surface area contributed by atoms with E-state index in [-0.39, 0.29) is 5.69 Å². The summed E-state index contributed by atoms with van der Waals surface area (Å²) in [5.74, 6) is 0. The number of hydrogen-bond donors (Lipinski definition) is 1. The van der Waals surface area contributed by atoms with Crippen LogP contribution in [0.5, 0.6) is 6.01 Å². The third kappa shape index (κ3) is 4.38. The van der Waals surface area contributed by atoms with Crippen LogP contribution in [-0.4, -0.2) is 63.4 Å². The van der Waals surface area contributed by atoms with Crippen LogP contribution in [0.3, 0.4) is 0 Å². The monoisotopic (exact) mass is 349 g/mol. The lowest BCUT2D eigenvalue weighted by atomic mass is 10.2. The normalized spacial score (nSPS) is 18.7. The molecule has 1 aliphatic heterocycles. The van der Waals surface area contributed by atoms with E-state index in [1.54, 1.807) is 10.8 Å². The minimum atomic E-state index is -0.148. The van der Waals surface area contributed by atoms with Crippen molar-refractivity contribution in [2.24, 2.45) is 0 Å². The fraction of sp³-hybridized carbons (Fsp3) is 0.706. The van der Waals surface area contributed by atoms with Gasteiger partial charge in [-0.15, -0.1) is 0 Å². The molecule has 0 bridgehead atoms. The van der Waals surface area contributed by atoms with Crippen molar-refractivity contribution in [1.29, 1.82) is 0 Å². The van der Waals surface area contributed by atoms with Crippen molar-refractivity contribution in [3.05, 3.63) is 16.7 Å². The van der Waals surface area contributed by atoms with Crippen LogP contribution in [0.4, 0.5) is 0 Å². The van der Waals surface area contributed by atoms with Gasteiger partial charge in [-0.3, -0.25) is 9.47 Å². The van der Waals surface area contributed by atoms with Crippen molar-refractivity contribution < 1.29 is 9.47 Å². The zero-order chi connectivity index (χ0) is 17.6. The topological polar surface area (TPSA) is 85.3 Å². The zero-order valence-corrected chi connectivity index (χ0v) is 15.0. The Morgan fingerprint density at radius 3 is 3.08 bits per heavy atom. The van der Waals surface area contributed by atoms with E-state index in [0.29, 0.717) is 36.4 Å². The van der Waals surface area contributed by atoms with Crippen LogP contribution in [-0.2, 0) is 11.3 Å². The van der Waals surface area contributed by atoms with E-state index in [9.17, 15) is 4.79 Å². The van der Waals surface area contributed by atoms with Crippen LogP contribution < -0.4 is 10.4 Å². The average Bonchev–Trinajstić information content (AvgIpc) is 2.92. The number of nitrogens with one attached hydrogen (secondary N) is 1. The Balaban J connectivity index is 1.66. The molecule has 138 valence electrons. The number of H-pyrrole nitrogens is 1. The Morgan fingerprint density at radius 1 is 1.40 bits per heavy atom. The quantitative estimate of drug-likeness (QED) is 0.725. The summed E-state index contributed by atoms with van der Waals surface area (Å²) in [5, 5.41) is 0. The maximum atomic E-state index is 12.2. The first-order valence-corrected chi connectivity index (χ1v) is 9.09. The van der Waals surface area contributed by atoms with E-state index < -0.39 is 0 Å². The fourth-order valence-corrected chi connectivity index (χ4v) is 3.04. The summed E-state index contributed by atoms with van der Waals surface area (Å²) in [5.41, 5.74) is 1.11. The SMILES string of the molecule is CCCCOc1ncc2[nH]c(=O)n(CCCN3CCOCC3C)c2n1. The maximum Gasteiger partial charge on any atom is 0.327 e. The van der Waals surface area contributed by atoms with Crippen LogP contribution >= 0.6 is 0 Å². The summed E-state index contributed by atoms with van der Waals surface area (Å²) in [7, 11) is 0. The van der Waals surface area contributed by atoms with Crippen molar-refractivity contribution in [3.63, 3.8) is 0 Å². The zero-order valence-electron chi connectivity index (χ0n) is 15.0. The molecule has 8 nitrogen and oxygen atoms in total. The highest BCUT2D eigenvalue weighted by molar-refractivity contribution is 5.69. The highest BCUT2D eigenvalue weighted by atomic mass is 16.5. The highest BCUT2D eigenvalue weighted by Gasteiger charge is 2.18. The van der Waals surface area contributed by atoms with Gasteiger partial charge >= 0.3 is 11.7 Å². The molecular weight excluding hydrogens is 322 g/mol. The molecule has 3 rings (SSSR count). The number of aromatic nitrogens is 4. The van der Waals surface area contributed by atoms with E-state index >= 15 is 0 Å². The molecule has 8 heteroatoms. The van der Waals surface area contributed by atoms with Gasteiger partial charge in [-0.1, -0.05) is 13.3 Å². The first-order valence-electron chi connectivity index (χ1n) is 9.09. The van der Waals surface area contributed by atoms with Gasteiger partial charge in [-0.25, -0.2) is 9.78 Å². The molecule has 3 heterocycles. The van der Waals surface area contributed by atoms with E-state index in [1.807, 2.05) is 0 Å². The maximum absolute atomic E-state index is 12.2. The first-order chi connectivity index (χ1) is 12.2. The molecule has 2 aromatic rings. The number of unbranched alkanes of at least 4 members (excludes halogenated alkanes) is 1. The van der Waals surface area contributed by atoms with Crippen LogP contribution in [0, 0.1) is 0 Å². The fourth-order valence-electron chi connectivity index (χ4n) is 3.04. The number of hydrogen-bond acceptors (Lipinski definition) is 6. The average molecular weight is 349 g/mol. The second kappa shape index (κ2) is 8.44. The molecule has 0 aliphatic carbocycles. The Hall–Kier alpha value is -1.93. The number of aromatic amines is 1. The number of rotatable bonds is 8. The van der Waals surface area contributed by atoms with E-state index in [0.717, 1.165) is 45.6 Å². The van der Waals surface area contributed by atoms with E-state index in [4.69, 9.17) is 9.47 Å². The Bertz CT molecular complexity index is 741. The van der Waals surface area contributed by atoms with Gasteiger partial charge in [0, 0.05) is 25.7 Å². The van der Waals surface area contributed by atoms with Gasteiger partial charge < -0.3 is 14.5 Å². The number of imidazole rings is 1. The molecule has 0 amide bonds. The number of aryl methyl sites for hydroxylation is 1. The largest absolute Gasteiger partial charge is 0.463 e. The van der Waals surface area contributed by atoms with Gasteiger partial charge in [0.15, 0.2) is 5.65 Å². The molecule has 0 spiro atoms. The summed E-state index contributed by atoms with van der Waals surface area (Å²) < 4.78 is 12.7. The lowest BCUT2D eigenvalue weighted by molar-refractivity contribution is -0.00110. The molecule has 0 aromatic carbocycles. The molecular formula is C17H27N5O3. The summed E-state index contributed by atoms with van der Waals surface area (Å²) in [6.07, 6.45) is 4.51. The molecule has 1 atom stereocenters.